The molecule has 0 heterocycles. The second-order valence-electron chi connectivity index (χ2n) is 6.33. The monoisotopic (exact) mass is 278 g/mol. The number of carbonyl (C=O) groups excluding carboxylic acids is 1. The number of rotatable bonds is 5. The lowest BCUT2D eigenvalue weighted by atomic mass is 10.2. The first-order chi connectivity index (χ1) is 9.26. The van der Waals surface area contributed by atoms with Gasteiger partial charge in [0.2, 0.25) is 0 Å². The van der Waals surface area contributed by atoms with Gasteiger partial charge in [0.15, 0.2) is 0 Å². The average molecular weight is 278 g/mol. The van der Waals surface area contributed by atoms with Crippen molar-refractivity contribution in [3.8, 4) is 0 Å². The van der Waals surface area contributed by atoms with Crippen molar-refractivity contribution in [2.45, 2.75) is 46.8 Å². The van der Waals surface area contributed by atoms with E-state index >= 15 is 0 Å². The molecule has 0 saturated heterocycles. The number of benzene rings is 1. The van der Waals surface area contributed by atoms with Gasteiger partial charge < -0.3 is 15.4 Å². The highest BCUT2D eigenvalue weighted by Gasteiger charge is 2.15. The molecule has 4 heteroatoms. The molecule has 0 aliphatic rings. The van der Waals surface area contributed by atoms with Gasteiger partial charge in [0, 0.05) is 18.8 Å². The van der Waals surface area contributed by atoms with Gasteiger partial charge in [0.05, 0.1) is 0 Å². The summed E-state index contributed by atoms with van der Waals surface area (Å²) in [5.41, 5.74) is 1.68. The Morgan fingerprint density at radius 2 is 1.80 bits per heavy atom. The molecule has 0 radical (unpaired) electrons. The number of nitrogens with one attached hydrogen (secondary N) is 2. The van der Waals surface area contributed by atoms with Crippen LogP contribution < -0.4 is 10.6 Å². The number of amides is 1. The van der Waals surface area contributed by atoms with Crippen molar-refractivity contribution >= 4 is 11.8 Å². The third kappa shape index (κ3) is 7.02. The molecular formula is C16H26N2O2. The fourth-order valence-electron chi connectivity index (χ4n) is 1.55. The van der Waals surface area contributed by atoms with Crippen LogP contribution in [0.25, 0.3) is 0 Å². The first kappa shape index (κ1) is 16.3. The first-order valence-corrected chi connectivity index (χ1v) is 7.06. The maximum atomic E-state index is 11.5. The van der Waals surface area contributed by atoms with Crippen molar-refractivity contribution in [1.29, 1.82) is 0 Å². The Morgan fingerprint density at radius 3 is 2.30 bits per heavy atom. The van der Waals surface area contributed by atoms with E-state index in [1.807, 2.05) is 45.0 Å². The van der Waals surface area contributed by atoms with Gasteiger partial charge in [-0.3, -0.25) is 0 Å². The Kier molecular flexibility index (Phi) is 5.86. The van der Waals surface area contributed by atoms with E-state index in [1.165, 1.54) is 0 Å². The Bertz CT molecular complexity index is 419. The highest BCUT2D eigenvalue weighted by atomic mass is 16.6. The third-order valence-electron chi connectivity index (χ3n) is 2.50. The fraction of sp³-hybridized carbons (Fsp3) is 0.562. The highest BCUT2D eigenvalue weighted by Crippen LogP contribution is 2.11. The molecule has 0 unspecified atom stereocenters. The van der Waals surface area contributed by atoms with Crippen LogP contribution in [0.15, 0.2) is 24.3 Å². The van der Waals surface area contributed by atoms with Crippen molar-refractivity contribution in [3.63, 3.8) is 0 Å². The standard InChI is InChI=1S/C16H26N2O2/c1-12(2)10-17-14-8-6-13(7-9-14)11-18-15(19)20-16(3,4)5/h6-9,12,17H,10-11H2,1-5H3,(H,18,19). The van der Waals surface area contributed by atoms with Crippen LogP contribution in [0.3, 0.4) is 0 Å². The summed E-state index contributed by atoms with van der Waals surface area (Å²) in [6, 6.07) is 8.04. The van der Waals surface area contributed by atoms with Crippen molar-refractivity contribution in [1.82, 2.24) is 5.32 Å². The maximum absolute atomic E-state index is 11.5. The fourth-order valence-corrected chi connectivity index (χ4v) is 1.55. The number of carbonyl (C=O) groups is 1. The molecule has 112 valence electrons. The highest BCUT2D eigenvalue weighted by molar-refractivity contribution is 5.67. The Labute approximate surface area is 121 Å². The van der Waals surface area contributed by atoms with Crippen LogP contribution in [-0.4, -0.2) is 18.2 Å². The summed E-state index contributed by atoms with van der Waals surface area (Å²) in [6.07, 6.45) is -0.389. The number of anilines is 1. The molecule has 1 aromatic rings. The molecule has 0 aliphatic heterocycles. The summed E-state index contributed by atoms with van der Waals surface area (Å²) >= 11 is 0. The molecule has 0 spiro atoms. The zero-order valence-electron chi connectivity index (χ0n) is 13.1. The molecule has 1 amide bonds. The number of alkyl carbamates (subject to hydrolysis) is 1. The zero-order valence-corrected chi connectivity index (χ0v) is 13.1. The molecule has 1 rings (SSSR count). The van der Waals surface area contributed by atoms with Crippen molar-refractivity contribution < 1.29 is 9.53 Å². The molecular weight excluding hydrogens is 252 g/mol. The van der Waals surface area contributed by atoms with Gasteiger partial charge in [-0.1, -0.05) is 26.0 Å². The number of ether oxygens (including phenoxy) is 1. The van der Waals surface area contributed by atoms with E-state index in [2.05, 4.69) is 24.5 Å². The number of hydrogen-bond acceptors (Lipinski definition) is 3. The van der Waals surface area contributed by atoms with Crippen molar-refractivity contribution in [2.24, 2.45) is 5.92 Å². The predicted molar refractivity (Wildman–Crippen MR) is 82.8 cm³/mol. The molecule has 0 fully saturated rings. The summed E-state index contributed by atoms with van der Waals surface area (Å²) in [5, 5.41) is 6.10. The molecule has 0 atom stereocenters. The van der Waals surface area contributed by atoms with Crippen molar-refractivity contribution in [2.75, 3.05) is 11.9 Å². The molecule has 2 N–H and O–H groups in total. The Balaban J connectivity index is 2.40. The average Bonchev–Trinajstić information content (AvgIpc) is 2.33. The van der Waals surface area contributed by atoms with E-state index in [-0.39, 0.29) is 6.09 Å². The van der Waals surface area contributed by atoms with Gasteiger partial charge in [0.25, 0.3) is 0 Å². The maximum Gasteiger partial charge on any atom is 0.407 e. The predicted octanol–water partition coefficient (Wildman–Crippen LogP) is 3.78. The minimum Gasteiger partial charge on any atom is -0.444 e. The van der Waals surface area contributed by atoms with Gasteiger partial charge in [-0.2, -0.15) is 0 Å². The summed E-state index contributed by atoms with van der Waals surface area (Å²) in [4.78, 5) is 11.5. The van der Waals surface area contributed by atoms with Crippen LogP contribution in [0.4, 0.5) is 10.5 Å². The SMILES string of the molecule is CC(C)CNc1ccc(CNC(=O)OC(C)(C)C)cc1. The summed E-state index contributed by atoms with van der Waals surface area (Å²) in [5.74, 6) is 0.614. The van der Waals surface area contributed by atoms with Gasteiger partial charge in [-0.05, 0) is 44.4 Å². The van der Waals surface area contributed by atoms with Crippen LogP contribution in [0.5, 0.6) is 0 Å². The summed E-state index contributed by atoms with van der Waals surface area (Å²) < 4.78 is 5.19. The molecule has 0 saturated carbocycles. The summed E-state index contributed by atoms with van der Waals surface area (Å²) in [6.45, 7) is 11.3. The topological polar surface area (TPSA) is 50.4 Å². The van der Waals surface area contributed by atoms with E-state index in [0.717, 1.165) is 17.8 Å². The van der Waals surface area contributed by atoms with Crippen LogP contribution in [0, 0.1) is 5.92 Å². The lowest BCUT2D eigenvalue weighted by Gasteiger charge is -2.19. The summed E-state index contributed by atoms with van der Waals surface area (Å²) in [7, 11) is 0. The molecule has 0 aliphatic carbocycles. The molecule has 20 heavy (non-hydrogen) atoms. The lowest BCUT2D eigenvalue weighted by molar-refractivity contribution is 0.0523. The smallest absolute Gasteiger partial charge is 0.407 e. The van der Waals surface area contributed by atoms with E-state index in [0.29, 0.717) is 12.5 Å². The van der Waals surface area contributed by atoms with Crippen LogP contribution in [0.1, 0.15) is 40.2 Å². The molecule has 0 aromatic heterocycles. The molecule has 4 nitrogen and oxygen atoms in total. The second kappa shape index (κ2) is 7.17. The quantitative estimate of drug-likeness (QED) is 0.861. The zero-order chi connectivity index (χ0) is 15.2. The van der Waals surface area contributed by atoms with Gasteiger partial charge in [-0.15, -0.1) is 0 Å². The minimum absolute atomic E-state index is 0.389. The van der Waals surface area contributed by atoms with E-state index in [9.17, 15) is 4.79 Å². The lowest BCUT2D eigenvalue weighted by Crippen LogP contribution is -2.32. The molecule has 1 aromatic carbocycles. The van der Waals surface area contributed by atoms with Gasteiger partial charge >= 0.3 is 6.09 Å². The first-order valence-electron chi connectivity index (χ1n) is 7.06. The Morgan fingerprint density at radius 1 is 1.20 bits per heavy atom. The molecule has 0 bridgehead atoms. The van der Waals surface area contributed by atoms with Crippen LogP contribution in [0.2, 0.25) is 0 Å². The second-order valence-corrected chi connectivity index (χ2v) is 6.33. The minimum atomic E-state index is -0.464. The van der Waals surface area contributed by atoms with Gasteiger partial charge in [-0.25, -0.2) is 4.79 Å². The van der Waals surface area contributed by atoms with Crippen LogP contribution >= 0.6 is 0 Å². The normalized spacial score (nSPS) is 11.3. The van der Waals surface area contributed by atoms with Gasteiger partial charge in [0.1, 0.15) is 5.60 Å². The third-order valence-corrected chi connectivity index (χ3v) is 2.50. The Hall–Kier alpha value is -1.71. The van der Waals surface area contributed by atoms with Crippen molar-refractivity contribution in [3.05, 3.63) is 29.8 Å². The van der Waals surface area contributed by atoms with E-state index < -0.39 is 5.60 Å². The van der Waals surface area contributed by atoms with E-state index in [1.54, 1.807) is 0 Å². The number of hydrogen-bond donors (Lipinski definition) is 2. The van der Waals surface area contributed by atoms with Crippen LogP contribution in [-0.2, 0) is 11.3 Å². The van der Waals surface area contributed by atoms with E-state index in [4.69, 9.17) is 4.74 Å². The largest absolute Gasteiger partial charge is 0.444 e.